The van der Waals surface area contributed by atoms with Gasteiger partial charge < -0.3 is 24.4 Å². The Morgan fingerprint density at radius 3 is 3.00 bits per heavy atom. The lowest BCUT2D eigenvalue weighted by Crippen LogP contribution is -2.40. The summed E-state index contributed by atoms with van der Waals surface area (Å²) in [6.07, 6.45) is 3.27. The number of hydrogen-bond acceptors (Lipinski definition) is 7. The molecule has 1 amide bonds. The second-order valence-electron chi connectivity index (χ2n) is 7.31. The molecule has 1 N–H and O–H groups in total. The van der Waals surface area contributed by atoms with E-state index in [2.05, 4.69) is 20.2 Å². The first-order valence-electron chi connectivity index (χ1n) is 9.90. The number of hydrogen-bond donors (Lipinski definition) is 1. The summed E-state index contributed by atoms with van der Waals surface area (Å²) in [5.41, 5.74) is 1.40. The van der Waals surface area contributed by atoms with E-state index in [1.54, 1.807) is 19.5 Å². The lowest BCUT2D eigenvalue weighted by atomic mass is 10.1. The van der Waals surface area contributed by atoms with Gasteiger partial charge in [-0.15, -0.1) is 0 Å². The zero-order chi connectivity index (χ0) is 20.2. The molecule has 2 atom stereocenters. The lowest BCUT2D eigenvalue weighted by Gasteiger charge is -2.25. The number of aromatic nitrogens is 2. The summed E-state index contributed by atoms with van der Waals surface area (Å²) in [7, 11) is 1.71. The van der Waals surface area contributed by atoms with E-state index in [1.165, 1.54) is 0 Å². The first kappa shape index (κ1) is 19.4. The molecule has 1 aromatic carbocycles. The van der Waals surface area contributed by atoms with Crippen LogP contribution >= 0.6 is 0 Å². The normalized spacial score (nSPS) is 21.0. The molecular formula is C21H26N4O4. The Hall–Kier alpha value is -2.87. The third-order valence-corrected chi connectivity index (χ3v) is 5.31. The molecule has 0 radical (unpaired) electrons. The molecule has 0 aliphatic carbocycles. The molecule has 8 heteroatoms. The molecule has 4 rings (SSSR count). The van der Waals surface area contributed by atoms with Crippen LogP contribution in [0.4, 0.5) is 5.82 Å². The average molecular weight is 398 g/mol. The monoisotopic (exact) mass is 398 g/mol. The highest BCUT2D eigenvalue weighted by molar-refractivity contribution is 5.97. The van der Waals surface area contributed by atoms with Gasteiger partial charge in [0.25, 0.3) is 5.91 Å². The molecule has 2 aliphatic rings. The lowest BCUT2D eigenvalue weighted by molar-refractivity contribution is 0.0942. The summed E-state index contributed by atoms with van der Waals surface area (Å²) in [5, 5.41) is 3.06. The fourth-order valence-electron chi connectivity index (χ4n) is 3.79. The van der Waals surface area contributed by atoms with Crippen LogP contribution in [0.5, 0.6) is 11.5 Å². The summed E-state index contributed by atoms with van der Waals surface area (Å²) >= 11 is 0. The number of ether oxygens (including phenoxy) is 3. The molecule has 2 aliphatic heterocycles. The van der Waals surface area contributed by atoms with Crippen molar-refractivity contribution in [2.45, 2.75) is 31.9 Å². The Morgan fingerprint density at radius 1 is 1.31 bits per heavy atom. The highest BCUT2D eigenvalue weighted by Crippen LogP contribution is 2.33. The third-order valence-electron chi connectivity index (χ3n) is 5.31. The van der Waals surface area contributed by atoms with Gasteiger partial charge in [-0.05, 0) is 25.5 Å². The van der Waals surface area contributed by atoms with E-state index in [0.29, 0.717) is 36.8 Å². The van der Waals surface area contributed by atoms with Crippen molar-refractivity contribution in [2.24, 2.45) is 0 Å². The number of nitrogens with one attached hydrogen (secondary N) is 1. The van der Waals surface area contributed by atoms with Gasteiger partial charge in [0.1, 0.15) is 12.1 Å². The SMILES string of the molecule is CO[C@H]1C[C@@H](CNC(=O)c2cccc3c2OCCCO3)N(c2cc(C)ncn2)C1. The highest BCUT2D eigenvalue weighted by atomic mass is 16.5. The van der Waals surface area contributed by atoms with Crippen LogP contribution in [0.1, 0.15) is 28.9 Å². The van der Waals surface area contributed by atoms with Crippen molar-refractivity contribution in [3.63, 3.8) is 0 Å². The van der Waals surface area contributed by atoms with Crippen LogP contribution in [-0.2, 0) is 4.74 Å². The van der Waals surface area contributed by atoms with Crippen LogP contribution in [0, 0.1) is 6.92 Å². The van der Waals surface area contributed by atoms with E-state index >= 15 is 0 Å². The van der Waals surface area contributed by atoms with Crippen molar-refractivity contribution in [3.05, 3.63) is 41.9 Å². The maximum atomic E-state index is 12.9. The quantitative estimate of drug-likeness (QED) is 0.824. The van der Waals surface area contributed by atoms with Crippen LogP contribution in [0.3, 0.4) is 0 Å². The highest BCUT2D eigenvalue weighted by Gasteiger charge is 2.33. The van der Waals surface area contributed by atoms with Gasteiger partial charge in [-0.25, -0.2) is 9.97 Å². The Balaban J connectivity index is 1.48. The number of nitrogens with zero attached hydrogens (tertiary/aromatic N) is 3. The van der Waals surface area contributed by atoms with Gasteiger partial charge in [-0.3, -0.25) is 4.79 Å². The predicted octanol–water partition coefficient (Wildman–Crippen LogP) is 1.97. The number of methoxy groups -OCH3 is 1. The average Bonchev–Trinajstić information content (AvgIpc) is 3.00. The van der Waals surface area contributed by atoms with E-state index < -0.39 is 0 Å². The van der Waals surface area contributed by atoms with Crippen LogP contribution in [0.25, 0.3) is 0 Å². The predicted molar refractivity (Wildman–Crippen MR) is 108 cm³/mol. The first-order chi connectivity index (χ1) is 14.2. The van der Waals surface area contributed by atoms with E-state index in [1.807, 2.05) is 25.1 Å². The second kappa shape index (κ2) is 8.65. The molecule has 0 spiro atoms. The van der Waals surface area contributed by atoms with Crippen LogP contribution in [0.15, 0.2) is 30.6 Å². The molecule has 0 unspecified atom stereocenters. The van der Waals surface area contributed by atoms with E-state index in [4.69, 9.17) is 14.2 Å². The molecule has 1 saturated heterocycles. The smallest absolute Gasteiger partial charge is 0.255 e. The minimum absolute atomic E-state index is 0.0812. The van der Waals surface area contributed by atoms with Crippen molar-refractivity contribution in [1.29, 1.82) is 0 Å². The molecule has 0 saturated carbocycles. The van der Waals surface area contributed by atoms with Crippen LogP contribution < -0.4 is 19.7 Å². The number of amides is 1. The van der Waals surface area contributed by atoms with Crippen molar-refractivity contribution in [3.8, 4) is 11.5 Å². The van der Waals surface area contributed by atoms with Crippen LogP contribution in [0.2, 0.25) is 0 Å². The number of aryl methyl sites for hydroxylation is 1. The molecule has 3 heterocycles. The number of carbonyl (C=O) groups is 1. The molecule has 154 valence electrons. The number of carbonyl (C=O) groups excluding carboxylic acids is 1. The molecular weight excluding hydrogens is 372 g/mol. The largest absolute Gasteiger partial charge is 0.490 e. The summed E-state index contributed by atoms with van der Waals surface area (Å²) in [6, 6.07) is 7.44. The summed E-state index contributed by atoms with van der Waals surface area (Å²) in [4.78, 5) is 23.7. The molecule has 1 fully saturated rings. The number of anilines is 1. The Kier molecular flexibility index (Phi) is 5.80. The van der Waals surface area contributed by atoms with E-state index in [-0.39, 0.29) is 18.1 Å². The summed E-state index contributed by atoms with van der Waals surface area (Å²) in [6.45, 7) is 4.27. The van der Waals surface area contributed by atoms with Gasteiger partial charge in [-0.2, -0.15) is 0 Å². The number of para-hydroxylation sites is 1. The number of rotatable bonds is 5. The minimum Gasteiger partial charge on any atom is -0.490 e. The van der Waals surface area contributed by atoms with Crippen molar-refractivity contribution in [1.82, 2.24) is 15.3 Å². The van der Waals surface area contributed by atoms with Gasteiger partial charge in [0.05, 0.1) is 30.9 Å². The van der Waals surface area contributed by atoms with Crippen molar-refractivity contribution in [2.75, 3.05) is 38.3 Å². The molecule has 0 bridgehead atoms. The second-order valence-corrected chi connectivity index (χ2v) is 7.31. The standard InChI is InChI=1S/C21H26N4O4/c1-14-9-19(24-13-23-14)25-12-16(27-2)10-15(25)11-22-21(26)17-5-3-6-18-20(17)29-8-4-7-28-18/h3,5-6,9,13,15-16H,4,7-8,10-12H2,1-2H3,(H,22,26)/t15-,16-/m0/s1. The summed E-state index contributed by atoms with van der Waals surface area (Å²) < 4.78 is 17.0. The number of fused-ring (bicyclic) bond motifs is 1. The molecule has 2 aromatic rings. The topological polar surface area (TPSA) is 85.8 Å². The maximum Gasteiger partial charge on any atom is 0.255 e. The van der Waals surface area contributed by atoms with Crippen molar-refractivity contribution >= 4 is 11.7 Å². The Morgan fingerprint density at radius 2 is 2.17 bits per heavy atom. The Labute approximate surface area is 170 Å². The summed E-state index contributed by atoms with van der Waals surface area (Å²) in [5.74, 6) is 1.81. The first-order valence-corrected chi connectivity index (χ1v) is 9.90. The maximum absolute atomic E-state index is 12.9. The van der Waals surface area contributed by atoms with Gasteiger partial charge in [0.15, 0.2) is 11.5 Å². The zero-order valence-corrected chi connectivity index (χ0v) is 16.8. The third kappa shape index (κ3) is 4.27. The van der Waals surface area contributed by atoms with Crippen molar-refractivity contribution < 1.29 is 19.0 Å². The molecule has 1 aromatic heterocycles. The van der Waals surface area contributed by atoms with Gasteiger partial charge in [-0.1, -0.05) is 6.07 Å². The fraction of sp³-hybridized carbons (Fsp3) is 0.476. The minimum atomic E-state index is -0.174. The Bertz CT molecular complexity index is 876. The van der Waals surface area contributed by atoms with Crippen LogP contribution in [-0.4, -0.2) is 61.4 Å². The van der Waals surface area contributed by atoms with Gasteiger partial charge in [0, 0.05) is 38.4 Å². The van der Waals surface area contributed by atoms with Gasteiger partial charge in [0.2, 0.25) is 0 Å². The molecule has 29 heavy (non-hydrogen) atoms. The zero-order valence-electron chi connectivity index (χ0n) is 16.8. The fourth-order valence-corrected chi connectivity index (χ4v) is 3.79. The van der Waals surface area contributed by atoms with E-state index in [9.17, 15) is 4.79 Å². The molecule has 8 nitrogen and oxygen atoms in total. The van der Waals surface area contributed by atoms with E-state index in [0.717, 1.165) is 30.9 Å². The number of benzene rings is 1. The van der Waals surface area contributed by atoms with Gasteiger partial charge >= 0.3 is 0 Å².